The monoisotopic (exact) mass is 735 g/mol. The summed E-state index contributed by atoms with van der Waals surface area (Å²) in [6.45, 7) is 2.75. The van der Waals surface area contributed by atoms with Crippen LogP contribution >= 0.6 is 22.7 Å². The van der Waals surface area contributed by atoms with E-state index in [1.807, 2.05) is 4.90 Å². The molecule has 6 rings (SSSR count). The maximum absolute atomic E-state index is 13.1. The standard InChI is InChI=1S/C33H33N7O9S2/c1-4-47-30(44)23-17-51-33(37-23)49-31(45)24-11-18(15-39(24)2)35-28(42)22-16-50-32(36-22)38-27(41)8-6-10-48-26-13-21-20(12-25(26)46-3)29(43)40-9-5-7-19(40)14-34-21/h11-17,19H,4-10H2,1-3H3,(H,35,42)(H,36,38,41)/t19-/m0/s1. The van der Waals surface area contributed by atoms with E-state index in [0.29, 0.717) is 41.4 Å². The van der Waals surface area contributed by atoms with Crippen molar-refractivity contribution in [3.05, 3.63) is 57.8 Å². The summed E-state index contributed by atoms with van der Waals surface area (Å²) in [5, 5.41) is 8.50. The second-order valence-corrected chi connectivity index (χ2v) is 13.0. The molecule has 5 heterocycles. The lowest BCUT2D eigenvalue weighted by Crippen LogP contribution is -2.35. The second kappa shape index (κ2) is 15.5. The van der Waals surface area contributed by atoms with E-state index < -0.39 is 17.8 Å². The Balaban J connectivity index is 0.972. The average molecular weight is 736 g/mol. The third kappa shape index (κ3) is 8.07. The van der Waals surface area contributed by atoms with Crippen LogP contribution in [0.3, 0.4) is 0 Å². The van der Waals surface area contributed by atoms with Gasteiger partial charge in [0, 0.05) is 49.3 Å². The fourth-order valence-corrected chi connectivity index (χ4v) is 6.76. The smallest absolute Gasteiger partial charge is 0.362 e. The van der Waals surface area contributed by atoms with Crippen molar-refractivity contribution >= 4 is 75.1 Å². The molecule has 51 heavy (non-hydrogen) atoms. The number of nitrogens with zero attached hydrogens (tertiary/aromatic N) is 5. The Morgan fingerprint density at radius 3 is 2.65 bits per heavy atom. The molecule has 2 N–H and O–H groups in total. The van der Waals surface area contributed by atoms with E-state index in [1.54, 1.807) is 32.3 Å². The highest BCUT2D eigenvalue weighted by Gasteiger charge is 2.32. The average Bonchev–Trinajstić information content (AvgIpc) is 3.92. The van der Waals surface area contributed by atoms with Gasteiger partial charge in [0.15, 0.2) is 22.3 Å². The number of esters is 2. The summed E-state index contributed by atoms with van der Waals surface area (Å²) in [7, 11) is 3.10. The minimum atomic E-state index is -0.741. The molecule has 1 fully saturated rings. The van der Waals surface area contributed by atoms with Crippen LogP contribution in [0.25, 0.3) is 0 Å². The maximum atomic E-state index is 13.1. The van der Waals surface area contributed by atoms with E-state index in [2.05, 4.69) is 25.6 Å². The van der Waals surface area contributed by atoms with Gasteiger partial charge < -0.3 is 39.0 Å². The molecule has 2 aliphatic rings. The third-order valence-corrected chi connectivity index (χ3v) is 9.34. The molecule has 0 bridgehead atoms. The number of benzene rings is 1. The maximum Gasteiger partial charge on any atom is 0.362 e. The van der Waals surface area contributed by atoms with Crippen molar-refractivity contribution in [2.45, 2.75) is 38.6 Å². The van der Waals surface area contributed by atoms with E-state index in [9.17, 15) is 24.0 Å². The Labute approximate surface area is 299 Å². The Morgan fingerprint density at radius 1 is 1.02 bits per heavy atom. The van der Waals surface area contributed by atoms with E-state index in [1.165, 1.54) is 34.7 Å². The minimum Gasteiger partial charge on any atom is -0.493 e. The lowest BCUT2D eigenvalue weighted by molar-refractivity contribution is -0.116. The highest BCUT2D eigenvalue weighted by atomic mass is 32.1. The van der Waals surface area contributed by atoms with Crippen molar-refractivity contribution in [1.82, 2.24) is 19.4 Å². The Morgan fingerprint density at radius 2 is 1.84 bits per heavy atom. The number of amides is 3. The summed E-state index contributed by atoms with van der Waals surface area (Å²) >= 11 is 2.06. The van der Waals surface area contributed by atoms with Gasteiger partial charge in [0.2, 0.25) is 5.91 Å². The first-order chi connectivity index (χ1) is 24.6. The van der Waals surface area contributed by atoms with Gasteiger partial charge in [0.05, 0.1) is 43.3 Å². The van der Waals surface area contributed by atoms with Gasteiger partial charge in [0.1, 0.15) is 11.4 Å². The lowest BCUT2D eigenvalue weighted by atomic mass is 10.1. The van der Waals surface area contributed by atoms with Crippen LogP contribution in [0.4, 0.5) is 16.5 Å². The molecule has 0 spiro atoms. The van der Waals surface area contributed by atoms with Crippen LogP contribution in [-0.2, 0) is 16.6 Å². The zero-order chi connectivity index (χ0) is 36.1. The minimum absolute atomic E-state index is 0.0103. The molecular weight excluding hydrogens is 703 g/mol. The van der Waals surface area contributed by atoms with Crippen LogP contribution in [0.2, 0.25) is 0 Å². The number of hydrogen-bond acceptors (Lipinski definition) is 14. The number of rotatable bonds is 13. The van der Waals surface area contributed by atoms with Gasteiger partial charge >= 0.3 is 11.9 Å². The van der Waals surface area contributed by atoms with E-state index in [0.717, 1.165) is 35.5 Å². The summed E-state index contributed by atoms with van der Waals surface area (Å²) in [6, 6.07) is 4.74. The van der Waals surface area contributed by atoms with Crippen molar-refractivity contribution in [3.63, 3.8) is 0 Å². The van der Waals surface area contributed by atoms with Gasteiger partial charge in [0.25, 0.3) is 17.0 Å². The number of carbonyl (C=O) groups excluding carboxylic acids is 5. The Bertz CT molecular complexity index is 2020. The first-order valence-corrected chi connectivity index (χ1v) is 17.7. The molecule has 1 aromatic carbocycles. The summed E-state index contributed by atoms with van der Waals surface area (Å²) in [4.78, 5) is 77.7. The first-order valence-electron chi connectivity index (χ1n) is 15.9. The van der Waals surface area contributed by atoms with Crippen LogP contribution in [0.1, 0.15) is 74.4 Å². The first kappa shape index (κ1) is 35.2. The second-order valence-electron chi connectivity index (χ2n) is 11.3. The lowest BCUT2D eigenvalue weighted by Gasteiger charge is -2.20. The van der Waals surface area contributed by atoms with Crippen LogP contribution in [0.5, 0.6) is 16.7 Å². The molecular formula is C33H33N7O9S2. The highest BCUT2D eigenvalue weighted by Crippen LogP contribution is 2.38. The number of aliphatic imine (C=N–C) groups is 1. The van der Waals surface area contributed by atoms with E-state index in [-0.39, 0.29) is 64.9 Å². The molecule has 0 radical (unpaired) electrons. The molecule has 1 atom stereocenters. The van der Waals surface area contributed by atoms with Gasteiger partial charge in [-0.05, 0) is 38.3 Å². The molecule has 16 nitrogen and oxygen atoms in total. The van der Waals surface area contributed by atoms with Crippen molar-refractivity contribution < 1.29 is 42.9 Å². The summed E-state index contributed by atoms with van der Waals surface area (Å²) in [6.07, 6.45) is 5.65. The predicted molar refractivity (Wildman–Crippen MR) is 187 cm³/mol. The van der Waals surface area contributed by atoms with Crippen molar-refractivity contribution in [1.29, 1.82) is 0 Å². The molecule has 3 amide bonds. The molecule has 4 aromatic rings. The number of aromatic nitrogens is 3. The van der Waals surface area contributed by atoms with Gasteiger partial charge in [-0.15, -0.1) is 11.3 Å². The molecule has 1 saturated heterocycles. The zero-order valence-electron chi connectivity index (χ0n) is 27.8. The normalized spacial score (nSPS) is 14.7. The molecule has 0 saturated carbocycles. The molecule has 3 aromatic heterocycles. The number of anilines is 2. The number of fused-ring (bicyclic) bond motifs is 2. The van der Waals surface area contributed by atoms with Crippen LogP contribution in [-0.4, -0.2) is 88.2 Å². The number of nitrogens with one attached hydrogen (secondary N) is 2. The molecule has 18 heteroatoms. The van der Waals surface area contributed by atoms with Crippen molar-refractivity contribution in [2.75, 3.05) is 37.5 Å². The molecule has 0 aliphatic carbocycles. The topological polar surface area (TPSA) is 193 Å². The van der Waals surface area contributed by atoms with Gasteiger partial charge in [-0.25, -0.2) is 14.6 Å². The number of thiazole rings is 2. The van der Waals surface area contributed by atoms with E-state index >= 15 is 0 Å². The number of methoxy groups -OCH3 is 1. The summed E-state index contributed by atoms with van der Waals surface area (Å²) in [5.41, 5.74) is 1.51. The predicted octanol–water partition coefficient (Wildman–Crippen LogP) is 4.71. The number of carbonyl (C=O) groups is 5. The van der Waals surface area contributed by atoms with Gasteiger partial charge in [-0.1, -0.05) is 11.3 Å². The largest absolute Gasteiger partial charge is 0.493 e. The Kier molecular flexibility index (Phi) is 10.7. The van der Waals surface area contributed by atoms with E-state index in [4.69, 9.17) is 18.9 Å². The molecule has 0 unspecified atom stereocenters. The van der Waals surface area contributed by atoms with Gasteiger partial charge in [-0.2, -0.15) is 4.98 Å². The number of hydrogen-bond donors (Lipinski definition) is 2. The molecule has 266 valence electrons. The fourth-order valence-electron chi connectivity index (χ4n) is 5.42. The van der Waals surface area contributed by atoms with Crippen LogP contribution in [0, 0.1) is 0 Å². The molecule has 2 aliphatic heterocycles. The third-order valence-electron chi connectivity index (χ3n) is 7.87. The highest BCUT2D eigenvalue weighted by molar-refractivity contribution is 7.14. The van der Waals surface area contributed by atoms with Crippen molar-refractivity contribution in [3.8, 4) is 16.7 Å². The van der Waals surface area contributed by atoms with Crippen molar-refractivity contribution in [2.24, 2.45) is 12.0 Å². The van der Waals surface area contributed by atoms with Crippen LogP contribution < -0.4 is 24.8 Å². The SMILES string of the molecule is CCOC(=O)c1csc(OC(=O)c2cc(NC(=O)c3csc(NC(=O)CCCOc4cc5c(cc4OC)C(=O)N4CCC[C@H]4C=N5)n3)cn2C)n1. The zero-order valence-corrected chi connectivity index (χ0v) is 29.4. The number of aryl methyl sites for hydroxylation is 1. The number of ether oxygens (including phenoxy) is 4. The Hall–Kier alpha value is -5.62. The summed E-state index contributed by atoms with van der Waals surface area (Å²) in [5.74, 6) is -1.48. The van der Waals surface area contributed by atoms with Gasteiger partial charge in [-0.3, -0.25) is 19.4 Å². The quantitative estimate of drug-likeness (QED) is 0.143. The fraction of sp³-hybridized carbons (Fsp3) is 0.333. The summed E-state index contributed by atoms with van der Waals surface area (Å²) < 4.78 is 23.0. The van der Waals surface area contributed by atoms with Crippen LogP contribution in [0.15, 0.2) is 40.1 Å².